The molecule has 0 spiro atoms. The molecule has 3 heterocycles. The first-order chi connectivity index (χ1) is 30.0. The van der Waals surface area contributed by atoms with Crippen LogP contribution in [0.3, 0.4) is 0 Å². The molecule has 0 saturated carbocycles. The normalized spacial score (nSPS) is 14.6. The van der Waals surface area contributed by atoms with E-state index >= 15 is 0 Å². The lowest BCUT2D eigenvalue weighted by Gasteiger charge is -2.23. The van der Waals surface area contributed by atoms with Crippen LogP contribution in [0.25, 0.3) is 45.4 Å². The Morgan fingerprint density at radius 1 is 0.639 bits per heavy atom. The molecule has 0 atom stereocenters. The van der Waals surface area contributed by atoms with Crippen LogP contribution in [0.15, 0.2) is 144 Å². The fraction of sp³-hybridized carbons (Fsp3) is 0.393. The quantitative estimate of drug-likeness (QED) is 0.0367. The number of allylic oxidation sites excluding steroid dienone is 7. The summed E-state index contributed by atoms with van der Waals surface area (Å²) >= 11 is 0. The minimum Gasteiger partial charge on any atom is -0.436 e. The number of fused-ring (bicyclic) bond motifs is 3. The number of likely N-dealkylation sites (N-methyl/N-ethyl adjacent to an activating group) is 1. The highest BCUT2D eigenvalue weighted by molar-refractivity contribution is 5.83. The Morgan fingerprint density at radius 2 is 1.25 bits per heavy atom. The molecule has 0 unspecified atom stereocenters. The highest BCUT2D eigenvalue weighted by Gasteiger charge is 2.37. The Hall–Kier alpha value is -5.42. The van der Waals surface area contributed by atoms with Gasteiger partial charge in [0.25, 0.3) is 5.82 Å². The molecule has 0 radical (unpaired) electrons. The summed E-state index contributed by atoms with van der Waals surface area (Å²) in [5, 5.41) is 0. The molecule has 0 N–H and O–H groups in total. The molecule has 61 heavy (non-hydrogen) atoms. The number of para-hydroxylation sites is 4. The molecule has 5 nitrogen and oxygen atoms in total. The van der Waals surface area contributed by atoms with Crippen LogP contribution in [-0.4, -0.2) is 16.6 Å². The predicted molar refractivity (Wildman–Crippen MR) is 259 cm³/mol. The van der Waals surface area contributed by atoms with Crippen LogP contribution < -0.4 is 9.47 Å². The number of hydrogen-bond acceptors (Lipinski definition) is 3. The van der Waals surface area contributed by atoms with E-state index in [1.807, 2.05) is 24.3 Å². The molecule has 0 fully saturated rings. The monoisotopic (exact) mass is 814 g/mol. The van der Waals surface area contributed by atoms with Gasteiger partial charge >= 0.3 is 0 Å². The number of imidazole rings is 1. The van der Waals surface area contributed by atoms with E-state index < -0.39 is 0 Å². The maximum atomic E-state index is 6.27. The van der Waals surface area contributed by atoms with Crippen molar-refractivity contribution in [3.8, 4) is 17.1 Å². The van der Waals surface area contributed by atoms with Crippen LogP contribution in [0.1, 0.15) is 135 Å². The van der Waals surface area contributed by atoms with Gasteiger partial charge in [-0.1, -0.05) is 190 Å². The van der Waals surface area contributed by atoms with E-state index in [1.165, 1.54) is 124 Å². The fourth-order valence-electron chi connectivity index (χ4n) is 9.27. The summed E-state index contributed by atoms with van der Waals surface area (Å²) in [6, 6.07) is 34.2. The summed E-state index contributed by atoms with van der Waals surface area (Å²) in [5.74, 6) is 1.81. The Balaban J connectivity index is 1.05. The Kier molecular flexibility index (Phi) is 15.7. The second-order valence-corrected chi connectivity index (χ2v) is 17.6. The summed E-state index contributed by atoms with van der Waals surface area (Å²) in [7, 11) is 2.17. The number of hydrogen-bond donors (Lipinski definition) is 0. The number of aryl methyl sites for hydroxylation is 1. The Labute approximate surface area is 366 Å². The molecule has 5 heteroatoms. The van der Waals surface area contributed by atoms with Crippen LogP contribution in [0.4, 0.5) is 5.69 Å². The van der Waals surface area contributed by atoms with Gasteiger partial charge in [0.2, 0.25) is 5.89 Å². The third kappa shape index (κ3) is 10.9. The van der Waals surface area contributed by atoms with Crippen LogP contribution >= 0.6 is 0 Å². The smallest absolute Gasteiger partial charge is 0.287 e. The van der Waals surface area contributed by atoms with Crippen molar-refractivity contribution < 1.29 is 8.98 Å². The number of unbranched alkanes of at least 4 members (excludes halogenated alkanes) is 15. The molecule has 1 aliphatic rings. The summed E-state index contributed by atoms with van der Waals surface area (Å²) < 4.78 is 11.2. The van der Waals surface area contributed by atoms with E-state index in [4.69, 9.17) is 9.40 Å². The highest BCUT2D eigenvalue weighted by atomic mass is 16.3. The summed E-state index contributed by atoms with van der Waals surface area (Å²) in [5.41, 5.74) is 10.1. The van der Waals surface area contributed by atoms with Gasteiger partial charge in [0, 0.05) is 41.6 Å². The van der Waals surface area contributed by atoms with Crippen molar-refractivity contribution in [2.45, 2.75) is 135 Å². The first-order valence-corrected chi connectivity index (χ1v) is 23.5. The lowest BCUT2D eigenvalue weighted by Crippen LogP contribution is -2.36. The molecule has 6 aromatic rings. The number of benzene rings is 4. The Bertz CT molecular complexity index is 2390. The van der Waals surface area contributed by atoms with E-state index in [0.29, 0.717) is 5.89 Å². The summed E-state index contributed by atoms with van der Waals surface area (Å²) in [6.07, 6.45) is 37.1. The van der Waals surface area contributed by atoms with E-state index in [2.05, 4.69) is 157 Å². The lowest BCUT2D eigenvalue weighted by molar-refractivity contribution is -0.674. The van der Waals surface area contributed by atoms with Crippen LogP contribution in [0, 0.1) is 0 Å². The number of oxazole rings is 1. The maximum absolute atomic E-state index is 6.27. The molecule has 4 aromatic carbocycles. The average molecular weight is 814 g/mol. The van der Waals surface area contributed by atoms with Crippen molar-refractivity contribution in [3.63, 3.8) is 0 Å². The van der Waals surface area contributed by atoms with E-state index in [-0.39, 0.29) is 5.41 Å². The molecule has 0 bridgehead atoms. The molecular formula is C56H69N4O+. The molecule has 0 aliphatic carbocycles. The zero-order chi connectivity index (χ0) is 42.3. The van der Waals surface area contributed by atoms with Gasteiger partial charge in [0.1, 0.15) is 11.2 Å². The molecular weight excluding hydrogens is 745 g/mol. The Morgan fingerprint density at radius 3 is 1.93 bits per heavy atom. The molecule has 0 amide bonds. The number of nitrogens with zero attached hydrogens (tertiary/aromatic N) is 4. The first kappa shape index (κ1) is 43.7. The van der Waals surface area contributed by atoms with Crippen molar-refractivity contribution in [1.29, 1.82) is 0 Å². The zero-order valence-electron chi connectivity index (χ0n) is 37.5. The third-order valence-electron chi connectivity index (χ3n) is 12.7. The van der Waals surface area contributed by atoms with Gasteiger partial charge in [0.05, 0.1) is 6.54 Å². The van der Waals surface area contributed by atoms with Crippen LogP contribution in [-0.2, 0) is 12.0 Å². The van der Waals surface area contributed by atoms with Crippen molar-refractivity contribution in [2.24, 2.45) is 0 Å². The van der Waals surface area contributed by atoms with Crippen LogP contribution in [0.5, 0.6) is 0 Å². The molecule has 318 valence electrons. The number of rotatable bonds is 23. The second kappa shape index (κ2) is 21.9. The number of aromatic nitrogens is 3. The predicted octanol–water partition coefficient (Wildman–Crippen LogP) is 15.4. The van der Waals surface area contributed by atoms with Crippen molar-refractivity contribution in [2.75, 3.05) is 11.9 Å². The minimum absolute atomic E-state index is 0.0372. The minimum atomic E-state index is -0.0372. The van der Waals surface area contributed by atoms with Gasteiger partial charge < -0.3 is 9.32 Å². The van der Waals surface area contributed by atoms with Gasteiger partial charge in [-0.3, -0.25) is 0 Å². The summed E-state index contributed by atoms with van der Waals surface area (Å²) in [4.78, 5) is 7.19. The van der Waals surface area contributed by atoms with E-state index in [0.717, 1.165) is 41.1 Å². The van der Waals surface area contributed by atoms with Gasteiger partial charge in [0.15, 0.2) is 16.6 Å². The van der Waals surface area contributed by atoms with Crippen molar-refractivity contribution in [3.05, 3.63) is 151 Å². The van der Waals surface area contributed by atoms with Gasteiger partial charge in [-0.15, -0.1) is 0 Å². The third-order valence-corrected chi connectivity index (χ3v) is 12.7. The fourth-order valence-corrected chi connectivity index (χ4v) is 9.27. The molecule has 7 rings (SSSR count). The summed E-state index contributed by atoms with van der Waals surface area (Å²) in [6.45, 7) is 7.86. The molecule has 1 aliphatic heterocycles. The standard InChI is InChI=1S/C56H69N4O/c1-5-6-7-8-9-10-11-12-13-14-15-16-17-18-22-32-43-59-51-44-45(55-57-48-36-29-31-38-52(48)61-55)41-42-50(51)60(46-33-24-23-25-34-46)54(59)40-27-21-19-20-26-39-53-56(2,3)47-35-28-30-37-49(47)58(53)4/h19-21,23-31,33-42,44H,5-18,22,32,43H2,1-4H3/q+1. The van der Waals surface area contributed by atoms with Crippen molar-refractivity contribution >= 4 is 33.9 Å². The SMILES string of the molecule is CCCCCCCCCCCCCCCCCC[n+]1c(/C=C/C=C/C=C/C=C2/N(C)c3ccccc3C2(C)C)n(-c2ccccc2)c2ccc(-c3nc4ccccc4o3)cc21. The van der Waals surface area contributed by atoms with Crippen LogP contribution in [0.2, 0.25) is 0 Å². The average Bonchev–Trinajstić information content (AvgIpc) is 3.91. The topological polar surface area (TPSA) is 38.1 Å². The molecule has 0 saturated heterocycles. The van der Waals surface area contributed by atoms with E-state index in [9.17, 15) is 0 Å². The molecule has 2 aromatic heterocycles. The second-order valence-electron chi connectivity index (χ2n) is 17.6. The van der Waals surface area contributed by atoms with E-state index in [1.54, 1.807) is 0 Å². The van der Waals surface area contributed by atoms with Gasteiger partial charge in [-0.05, 0) is 66.9 Å². The zero-order valence-corrected chi connectivity index (χ0v) is 37.5. The lowest BCUT2D eigenvalue weighted by atomic mass is 9.84. The maximum Gasteiger partial charge on any atom is 0.287 e. The highest BCUT2D eigenvalue weighted by Crippen LogP contribution is 2.46. The van der Waals surface area contributed by atoms with Gasteiger partial charge in [-0.2, -0.15) is 4.57 Å². The van der Waals surface area contributed by atoms with Gasteiger partial charge in [-0.25, -0.2) is 9.55 Å². The van der Waals surface area contributed by atoms with Crippen molar-refractivity contribution in [1.82, 2.24) is 9.55 Å². The first-order valence-electron chi connectivity index (χ1n) is 23.5. The largest absolute Gasteiger partial charge is 0.436 e. The number of anilines is 1.